The molecule has 0 amide bonds. The molecule has 1 aliphatic heterocycles. The number of morpholine rings is 1. The van der Waals surface area contributed by atoms with E-state index in [2.05, 4.69) is 21.7 Å². The third-order valence-electron chi connectivity index (χ3n) is 2.88. The molecule has 2 heterocycles. The Hall–Kier alpha value is -0.840. The molecule has 4 nitrogen and oxygen atoms in total. The molecule has 2 N–H and O–H groups in total. The molecule has 1 saturated heterocycles. The van der Waals surface area contributed by atoms with Crippen molar-refractivity contribution in [2.45, 2.75) is 13.1 Å². The van der Waals surface area contributed by atoms with Gasteiger partial charge < -0.3 is 15.0 Å². The first-order valence-electron chi connectivity index (χ1n) is 5.44. The zero-order valence-electron chi connectivity index (χ0n) is 9.28. The van der Waals surface area contributed by atoms with Crippen molar-refractivity contribution in [1.82, 2.24) is 9.47 Å². The summed E-state index contributed by atoms with van der Waals surface area (Å²) in [5.41, 5.74) is 8.18. The van der Waals surface area contributed by atoms with Crippen molar-refractivity contribution in [1.29, 1.82) is 0 Å². The molecule has 0 aromatic carbocycles. The lowest BCUT2D eigenvalue weighted by molar-refractivity contribution is 0.0342. The summed E-state index contributed by atoms with van der Waals surface area (Å²) in [5, 5.41) is 0. The van der Waals surface area contributed by atoms with Gasteiger partial charge in [0.25, 0.3) is 0 Å². The van der Waals surface area contributed by atoms with Crippen LogP contribution < -0.4 is 5.73 Å². The maximum absolute atomic E-state index is 5.64. The van der Waals surface area contributed by atoms with Crippen LogP contribution in [0.15, 0.2) is 12.3 Å². The number of rotatable bonds is 3. The van der Waals surface area contributed by atoms with Crippen molar-refractivity contribution in [2.75, 3.05) is 26.3 Å². The van der Waals surface area contributed by atoms with Crippen LogP contribution in [0.2, 0.25) is 0 Å². The molecule has 0 unspecified atom stereocenters. The third-order valence-corrected chi connectivity index (χ3v) is 2.88. The second-order valence-corrected chi connectivity index (χ2v) is 4.04. The Balaban J connectivity index is 1.97. The third kappa shape index (κ3) is 2.59. The first-order valence-corrected chi connectivity index (χ1v) is 5.44. The van der Waals surface area contributed by atoms with Crippen molar-refractivity contribution in [3.8, 4) is 0 Å². The fourth-order valence-corrected chi connectivity index (χ4v) is 1.99. The molecule has 0 atom stereocenters. The molecule has 0 aliphatic carbocycles. The second-order valence-electron chi connectivity index (χ2n) is 4.04. The van der Waals surface area contributed by atoms with Crippen molar-refractivity contribution in [3.05, 3.63) is 23.5 Å². The predicted molar refractivity (Wildman–Crippen MR) is 59.4 cm³/mol. The molecule has 15 heavy (non-hydrogen) atoms. The van der Waals surface area contributed by atoms with E-state index >= 15 is 0 Å². The largest absolute Gasteiger partial charge is 0.379 e. The van der Waals surface area contributed by atoms with E-state index in [0.29, 0.717) is 6.54 Å². The molecular formula is C11H19N3O. The van der Waals surface area contributed by atoms with Crippen LogP contribution in [-0.4, -0.2) is 35.8 Å². The molecule has 1 fully saturated rings. The highest BCUT2D eigenvalue weighted by Crippen LogP contribution is 2.10. The Morgan fingerprint density at radius 3 is 2.73 bits per heavy atom. The van der Waals surface area contributed by atoms with Gasteiger partial charge in [-0.3, -0.25) is 4.90 Å². The van der Waals surface area contributed by atoms with Crippen LogP contribution >= 0.6 is 0 Å². The number of nitrogens with two attached hydrogens (primary N) is 1. The van der Waals surface area contributed by atoms with Crippen LogP contribution in [0.1, 0.15) is 11.3 Å². The normalized spacial score (nSPS) is 18.3. The average Bonchev–Trinajstić information content (AvgIpc) is 2.60. The molecule has 0 radical (unpaired) electrons. The molecule has 0 bridgehead atoms. The molecule has 0 spiro atoms. The number of nitrogens with zero attached hydrogens (tertiary/aromatic N) is 2. The summed E-state index contributed by atoms with van der Waals surface area (Å²) in [6.07, 6.45) is 2.16. The SMILES string of the molecule is Cn1cc(CN2CCOCC2)cc1CN. The molecule has 1 aromatic heterocycles. The summed E-state index contributed by atoms with van der Waals surface area (Å²) < 4.78 is 7.43. The summed E-state index contributed by atoms with van der Waals surface area (Å²) in [6.45, 7) is 5.41. The van der Waals surface area contributed by atoms with E-state index in [9.17, 15) is 0 Å². The molecule has 4 heteroatoms. The average molecular weight is 209 g/mol. The highest BCUT2D eigenvalue weighted by molar-refractivity contribution is 5.18. The first kappa shape index (κ1) is 10.7. The molecule has 84 valence electrons. The summed E-state index contributed by atoms with van der Waals surface area (Å²) in [6, 6.07) is 2.19. The van der Waals surface area contributed by atoms with Gasteiger partial charge in [-0.1, -0.05) is 0 Å². The minimum absolute atomic E-state index is 0.611. The quantitative estimate of drug-likeness (QED) is 0.779. The van der Waals surface area contributed by atoms with Crippen LogP contribution in [0.25, 0.3) is 0 Å². The van der Waals surface area contributed by atoms with Crippen LogP contribution in [-0.2, 0) is 24.9 Å². The van der Waals surface area contributed by atoms with Gasteiger partial charge in [-0.2, -0.15) is 0 Å². The van der Waals surface area contributed by atoms with Gasteiger partial charge in [-0.25, -0.2) is 0 Å². The minimum atomic E-state index is 0.611. The van der Waals surface area contributed by atoms with Crippen LogP contribution in [0.3, 0.4) is 0 Å². The van der Waals surface area contributed by atoms with E-state index in [1.807, 2.05) is 7.05 Å². The van der Waals surface area contributed by atoms with Gasteiger partial charge in [0.1, 0.15) is 0 Å². The van der Waals surface area contributed by atoms with Gasteiger partial charge in [0, 0.05) is 45.1 Å². The van der Waals surface area contributed by atoms with E-state index in [1.165, 1.54) is 11.3 Å². The van der Waals surface area contributed by atoms with Crippen molar-refractivity contribution in [3.63, 3.8) is 0 Å². The van der Waals surface area contributed by atoms with Gasteiger partial charge in [0.2, 0.25) is 0 Å². The Labute approximate surface area is 90.6 Å². The number of aromatic nitrogens is 1. The molecule has 0 saturated carbocycles. The van der Waals surface area contributed by atoms with E-state index in [1.54, 1.807) is 0 Å². The van der Waals surface area contributed by atoms with E-state index in [-0.39, 0.29) is 0 Å². The Morgan fingerprint density at radius 1 is 1.40 bits per heavy atom. The molecule has 1 aromatic rings. The number of aryl methyl sites for hydroxylation is 1. The minimum Gasteiger partial charge on any atom is -0.379 e. The highest BCUT2D eigenvalue weighted by Gasteiger charge is 2.11. The number of ether oxygens (including phenoxy) is 1. The maximum atomic E-state index is 5.64. The lowest BCUT2D eigenvalue weighted by Crippen LogP contribution is -2.35. The summed E-state index contributed by atoms with van der Waals surface area (Å²) >= 11 is 0. The summed E-state index contributed by atoms with van der Waals surface area (Å²) in [7, 11) is 2.05. The van der Waals surface area contributed by atoms with E-state index < -0.39 is 0 Å². The lowest BCUT2D eigenvalue weighted by atomic mass is 10.2. The Kier molecular flexibility index (Phi) is 3.41. The lowest BCUT2D eigenvalue weighted by Gasteiger charge is -2.26. The summed E-state index contributed by atoms with van der Waals surface area (Å²) in [4.78, 5) is 2.42. The van der Waals surface area contributed by atoms with E-state index in [0.717, 1.165) is 32.8 Å². The van der Waals surface area contributed by atoms with Crippen LogP contribution in [0.5, 0.6) is 0 Å². The fraction of sp³-hybridized carbons (Fsp3) is 0.636. The van der Waals surface area contributed by atoms with Crippen LogP contribution in [0, 0.1) is 0 Å². The second kappa shape index (κ2) is 4.79. The van der Waals surface area contributed by atoms with Gasteiger partial charge in [-0.05, 0) is 11.6 Å². The predicted octanol–water partition coefficient (Wildman–Crippen LogP) is 0.316. The first-order chi connectivity index (χ1) is 7.29. The van der Waals surface area contributed by atoms with E-state index in [4.69, 9.17) is 10.5 Å². The van der Waals surface area contributed by atoms with Gasteiger partial charge in [0.05, 0.1) is 13.2 Å². The van der Waals surface area contributed by atoms with Gasteiger partial charge >= 0.3 is 0 Å². The Bertz CT molecular complexity index is 316. The Morgan fingerprint density at radius 2 is 2.13 bits per heavy atom. The maximum Gasteiger partial charge on any atom is 0.0594 e. The van der Waals surface area contributed by atoms with Crippen molar-refractivity contribution < 1.29 is 4.74 Å². The van der Waals surface area contributed by atoms with Crippen molar-refractivity contribution >= 4 is 0 Å². The standard InChI is InChI=1S/C11H19N3O/c1-13-8-10(6-11(13)7-12)9-14-2-4-15-5-3-14/h6,8H,2-5,7,9,12H2,1H3. The monoisotopic (exact) mass is 209 g/mol. The number of hydrogen-bond acceptors (Lipinski definition) is 3. The molecule has 2 rings (SSSR count). The molecule has 1 aliphatic rings. The zero-order valence-corrected chi connectivity index (χ0v) is 9.28. The van der Waals surface area contributed by atoms with Crippen molar-refractivity contribution in [2.24, 2.45) is 12.8 Å². The fourth-order valence-electron chi connectivity index (χ4n) is 1.99. The van der Waals surface area contributed by atoms with Gasteiger partial charge in [-0.15, -0.1) is 0 Å². The molecular weight excluding hydrogens is 190 g/mol. The zero-order chi connectivity index (χ0) is 10.7. The van der Waals surface area contributed by atoms with Crippen LogP contribution in [0.4, 0.5) is 0 Å². The summed E-state index contributed by atoms with van der Waals surface area (Å²) in [5.74, 6) is 0. The smallest absolute Gasteiger partial charge is 0.0594 e. The highest BCUT2D eigenvalue weighted by atomic mass is 16.5. The topological polar surface area (TPSA) is 43.4 Å². The number of hydrogen-bond donors (Lipinski definition) is 1. The van der Waals surface area contributed by atoms with Gasteiger partial charge in [0.15, 0.2) is 0 Å².